The minimum absolute atomic E-state index is 0.0807. The van der Waals surface area contributed by atoms with Crippen LogP contribution in [0.1, 0.15) is 38.5 Å². The lowest BCUT2D eigenvalue weighted by atomic mass is 9.86. The van der Waals surface area contributed by atoms with Gasteiger partial charge in [-0.2, -0.15) is 0 Å². The molecule has 1 aliphatic heterocycles. The maximum atomic E-state index is 10.1. The highest BCUT2D eigenvalue weighted by atomic mass is 16.5. The number of aliphatic hydroxyl groups excluding tert-OH is 1. The van der Waals surface area contributed by atoms with Crippen molar-refractivity contribution in [3.8, 4) is 0 Å². The second-order valence-corrected chi connectivity index (χ2v) is 4.51. The van der Waals surface area contributed by atoms with E-state index in [1.165, 1.54) is 25.7 Å². The van der Waals surface area contributed by atoms with Crippen LogP contribution in [0.3, 0.4) is 0 Å². The molecule has 13 heavy (non-hydrogen) atoms. The van der Waals surface area contributed by atoms with Crippen molar-refractivity contribution in [2.45, 2.75) is 44.6 Å². The molecule has 0 aromatic carbocycles. The van der Waals surface area contributed by atoms with Gasteiger partial charge in [-0.25, -0.2) is 0 Å². The quantitative estimate of drug-likeness (QED) is 0.711. The maximum absolute atomic E-state index is 10.1. The molecule has 2 rings (SSSR count). The highest BCUT2D eigenvalue weighted by Gasteiger charge is 2.30. The molecule has 2 aliphatic rings. The van der Waals surface area contributed by atoms with Crippen LogP contribution in [0.15, 0.2) is 0 Å². The summed E-state index contributed by atoms with van der Waals surface area (Å²) in [5, 5.41) is 10.1. The molecule has 2 unspecified atom stereocenters. The fourth-order valence-electron chi connectivity index (χ4n) is 2.72. The van der Waals surface area contributed by atoms with Gasteiger partial charge >= 0.3 is 0 Å². The highest BCUT2D eigenvalue weighted by molar-refractivity contribution is 4.81. The Balaban J connectivity index is 1.83. The van der Waals surface area contributed by atoms with Crippen molar-refractivity contribution in [1.82, 2.24) is 0 Å². The van der Waals surface area contributed by atoms with Crippen LogP contribution in [0.5, 0.6) is 0 Å². The van der Waals surface area contributed by atoms with Crippen molar-refractivity contribution in [3.63, 3.8) is 0 Å². The van der Waals surface area contributed by atoms with Gasteiger partial charge in [0.2, 0.25) is 0 Å². The molecule has 2 heteroatoms. The minimum atomic E-state index is -0.0807. The Bertz CT molecular complexity index is 146. The first kappa shape index (κ1) is 9.47. The van der Waals surface area contributed by atoms with Crippen LogP contribution in [-0.2, 0) is 4.74 Å². The molecular weight excluding hydrogens is 164 g/mol. The van der Waals surface area contributed by atoms with Gasteiger partial charge < -0.3 is 9.84 Å². The number of ether oxygens (including phenoxy) is 1. The Labute approximate surface area is 80.3 Å². The van der Waals surface area contributed by atoms with E-state index in [2.05, 4.69) is 0 Å². The standard InChI is InChI=1S/C11H20O2/c12-11(9-4-1-2-5-9)10-6-3-7-13-8-10/h9-12H,1-8H2. The predicted molar refractivity (Wildman–Crippen MR) is 51.5 cm³/mol. The van der Waals surface area contributed by atoms with E-state index in [1.807, 2.05) is 0 Å². The fourth-order valence-corrected chi connectivity index (χ4v) is 2.72. The summed E-state index contributed by atoms with van der Waals surface area (Å²) in [6.45, 7) is 1.69. The van der Waals surface area contributed by atoms with Crippen molar-refractivity contribution >= 4 is 0 Å². The SMILES string of the molecule is OC(C1CCCC1)C1CCCOC1. The highest BCUT2D eigenvalue weighted by Crippen LogP contribution is 2.33. The summed E-state index contributed by atoms with van der Waals surface area (Å²) in [5.74, 6) is 1.00. The van der Waals surface area contributed by atoms with Gasteiger partial charge in [-0.15, -0.1) is 0 Å². The molecule has 0 radical (unpaired) electrons. The topological polar surface area (TPSA) is 29.5 Å². The second kappa shape index (κ2) is 4.43. The van der Waals surface area contributed by atoms with Gasteiger partial charge in [0.25, 0.3) is 0 Å². The molecule has 1 saturated heterocycles. The van der Waals surface area contributed by atoms with Crippen molar-refractivity contribution in [2.24, 2.45) is 11.8 Å². The average molecular weight is 184 g/mol. The van der Waals surface area contributed by atoms with Gasteiger partial charge in [0, 0.05) is 12.5 Å². The molecular formula is C11H20O2. The summed E-state index contributed by atoms with van der Waals surface area (Å²) in [7, 11) is 0. The first-order valence-electron chi connectivity index (χ1n) is 5.64. The number of hydrogen-bond donors (Lipinski definition) is 1. The molecule has 2 nitrogen and oxygen atoms in total. The van der Waals surface area contributed by atoms with Crippen molar-refractivity contribution in [1.29, 1.82) is 0 Å². The smallest absolute Gasteiger partial charge is 0.0618 e. The van der Waals surface area contributed by atoms with E-state index in [1.54, 1.807) is 0 Å². The van der Waals surface area contributed by atoms with Crippen LogP contribution in [0.2, 0.25) is 0 Å². The number of aliphatic hydroxyl groups is 1. The molecule has 0 spiro atoms. The predicted octanol–water partition coefficient (Wildman–Crippen LogP) is 1.96. The first-order valence-corrected chi connectivity index (χ1v) is 5.64. The summed E-state index contributed by atoms with van der Waals surface area (Å²) in [4.78, 5) is 0. The molecule has 76 valence electrons. The third-order valence-electron chi connectivity index (χ3n) is 3.56. The lowest BCUT2D eigenvalue weighted by molar-refractivity contribution is -0.0317. The van der Waals surface area contributed by atoms with Gasteiger partial charge in [0.1, 0.15) is 0 Å². The molecule has 1 saturated carbocycles. The van der Waals surface area contributed by atoms with Crippen molar-refractivity contribution in [2.75, 3.05) is 13.2 Å². The monoisotopic (exact) mass is 184 g/mol. The van der Waals surface area contributed by atoms with E-state index >= 15 is 0 Å². The Morgan fingerprint density at radius 3 is 2.31 bits per heavy atom. The molecule has 1 heterocycles. The van der Waals surface area contributed by atoms with E-state index < -0.39 is 0 Å². The van der Waals surface area contributed by atoms with Gasteiger partial charge in [-0.3, -0.25) is 0 Å². The summed E-state index contributed by atoms with van der Waals surface area (Å²) in [6.07, 6.45) is 7.31. The summed E-state index contributed by atoms with van der Waals surface area (Å²) in [5.41, 5.74) is 0. The molecule has 2 atom stereocenters. The van der Waals surface area contributed by atoms with Crippen LogP contribution in [-0.4, -0.2) is 24.4 Å². The molecule has 0 amide bonds. The van der Waals surface area contributed by atoms with Crippen LogP contribution < -0.4 is 0 Å². The molecule has 1 N–H and O–H groups in total. The maximum Gasteiger partial charge on any atom is 0.0618 e. The third kappa shape index (κ3) is 2.23. The number of hydrogen-bond acceptors (Lipinski definition) is 2. The molecule has 0 aromatic rings. The zero-order chi connectivity index (χ0) is 9.10. The summed E-state index contributed by atoms with van der Waals surface area (Å²) >= 11 is 0. The summed E-state index contributed by atoms with van der Waals surface area (Å²) in [6, 6.07) is 0. The summed E-state index contributed by atoms with van der Waals surface area (Å²) < 4.78 is 5.40. The van der Waals surface area contributed by atoms with E-state index in [-0.39, 0.29) is 6.10 Å². The van der Waals surface area contributed by atoms with Crippen molar-refractivity contribution in [3.05, 3.63) is 0 Å². The van der Waals surface area contributed by atoms with E-state index in [9.17, 15) is 5.11 Å². The van der Waals surface area contributed by atoms with Gasteiger partial charge in [0.15, 0.2) is 0 Å². The van der Waals surface area contributed by atoms with Gasteiger partial charge in [0.05, 0.1) is 12.7 Å². The first-order chi connectivity index (χ1) is 6.38. The zero-order valence-electron chi connectivity index (χ0n) is 8.24. The van der Waals surface area contributed by atoms with Gasteiger partial charge in [-0.1, -0.05) is 12.8 Å². The third-order valence-corrected chi connectivity index (χ3v) is 3.56. The largest absolute Gasteiger partial charge is 0.392 e. The minimum Gasteiger partial charge on any atom is -0.392 e. The average Bonchev–Trinajstić information content (AvgIpc) is 2.71. The lowest BCUT2D eigenvalue weighted by Gasteiger charge is -2.30. The molecule has 0 aromatic heterocycles. The van der Waals surface area contributed by atoms with E-state index in [0.29, 0.717) is 11.8 Å². The zero-order valence-corrected chi connectivity index (χ0v) is 8.24. The van der Waals surface area contributed by atoms with Gasteiger partial charge in [-0.05, 0) is 31.6 Å². The van der Waals surface area contributed by atoms with Crippen LogP contribution in [0, 0.1) is 11.8 Å². The molecule has 0 bridgehead atoms. The normalized spacial score (nSPS) is 33.5. The van der Waals surface area contributed by atoms with Crippen LogP contribution >= 0.6 is 0 Å². The second-order valence-electron chi connectivity index (χ2n) is 4.51. The van der Waals surface area contributed by atoms with Crippen LogP contribution in [0.25, 0.3) is 0 Å². The van der Waals surface area contributed by atoms with Crippen molar-refractivity contribution < 1.29 is 9.84 Å². The number of rotatable bonds is 2. The lowest BCUT2D eigenvalue weighted by Crippen LogP contribution is -2.33. The van der Waals surface area contributed by atoms with E-state index in [0.717, 1.165) is 26.1 Å². The Morgan fingerprint density at radius 2 is 1.69 bits per heavy atom. The Morgan fingerprint density at radius 1 is 1.00 bits per heavy atom. The molecule has 2 fully saturated rings. The Kier molecular flexibility index (Phi) is 3.23. The molecule has 1 aliphatic carbocycles. The van der Waals surface area contributed by atoms with E-state index in [4.69, 9.17) is 4.74 Å². The fraction of sp³-hybridized carbons (Fsp3) is 1.00. The Hall–Kier alpha value is -0.0800. The van der Waals surface area contributed by atoms with Crippen LogP contribution in [0.4, 0.5) is 0 Å².